The van der Waals surface area contributed by atoms with Crippen LogP contribution in [0, 0.1) is 25.5 Å². The van der Waals surface area contributed by atoms with Gasteiger partial charge in [-0.25, -0.2) is 0 Å². The largest absolute Gasteiger partial charge is 0.332 e. The highest BCUT2D eigenvalue weighted by Gasteiger charge is 2.07. The van der Waals surface area contributed by atoms with Gasteiger partial charge in [0.2, 0.25) is 0 Å². The number of hydrogen-bond acceptors (Lipinski definition) is 2. The number of H-pyrrole nitrogens is 2. The second kappa shape index (κ2) is 4.30. The monoisotopic (exact) mass is 246 g/mol. The van der Waals surface area contributed by atoms with Gasteiger partial charge in [-0.15, -0.1) is 0 Å². The quantitative estimate of drug-likeness (QED) is 0.760. The fraction of sp³-hybridized carbons (Fsp3) is 0.231. The lowest BCUT2D eigenvalue weighted by Gasteiger charge is -2.11. The van der Waals surface area contributed by atoms with Gasteiger partial charge in [-0.05, 0) is 44.1 Å². The molecule has 88 valence electrons. The standard InChI is InChI=1S/C13H14N2OS/c1-7-4-8(2)12(9(3)5-7)10-6-11(16)15-13(17)14-10/h4-6H,1-3H3,(H2,14,15,16,17). The Kier molecular flexibility index (Phi) is 2.98. The number of rotatable bonds is 1. The molecule has 1 aromatic heterocycles. The minimum absolute atomic E-state index is 0.178. The third-order valence-corrected chi connectivity index (χ3v) is 2.91. The molecule has 17 heavy (non-hydrogen) atoms. The van der Waals surface area contributed by atoms with Crippen LogP contribution in [-0.2, 0) is 0 Å². The fourth-order valence-electron chi connectivity index (χ4n) is 2.21. The first-order valence-corrected chi connectivity index (χ1v) is 5.80. The van der Waals surface area contributed by atoms with Crippen LogP contribution in [0.25, 0.3) is 11.3 Å². The van der Waals surface area contributed by atoms with E-state index in [1.165, 1.54) is 5.56 Å². The summed E-state index contributed by atoms with van der Waals surface area (Å²) in [6, 6.07) is 5.74. The van der Waals surface area contributed by atoms with Gasteiger partial charge in [0.25, 0.3) is 5.56 Å². The summed E-state index contributed by atoms with van der Waals surface area (Å²) in [4.78, 5) is 17.0. The van der Waals surface area contributed by atoms with Crippen LogP contribution in [-0.4, -0.2) is 9.97 Å². The summed E-state index contributed by atoms with van der Waals surface area (Å²) in [6.45, 7) is 6.13. The molecule has 0 radical (unpaired) electrons. The van der Waals surface area contributed by atoms with Crippen molar-refractivity contribution in [1.82, 2.24) is 9.97 Å². The smallest absolute Gasteiger partial charge is 0.252 e. The summed E-state index contributed by atoms with van der Waals surface area (Å²) in [6.07, 6.45) is 0. The molecule has 2 N–H and O–H groups in total. The number of nitrogens with one attached hydrogen (secondary N) is 2. The second-order valence-corrected chi connectivity index (χ2v) is 4.68. The third-order valence-electron chi connectivity index (χ3n) is 2.71. The molecule has 0 atom stereocenters. The Morgan fingerprint density at radius 2 is 1.59 bits per heavy atom. The summed E-state index contributed by atoms with van der Waals surface area (Å²) in [5.41, 5.74) is 5.13. The van der Waals surface area contributed by atoms with Gasteiger partial charge in [-0.3, -0.25) is 9.78 Å². The lowest BCUT2D eigenvalue weighted by atomic mass is 9.97. The predicted octanol–water partition coefficient (Wildman–Crippen LogP) is 3.02. The van der Waals surface area contributed by atoms with Crippen molar-refractivity contribution in [2.45, 2.75) is 20.8 Å². The minimum atomic E-state index is -0.178. The van der Waals surface area contributed by atoms with Crippen molar-refractivity contribution in [1.29, 1.82) is 0 Å². The molecule has 4 heteroatoms. The van der Waals surface area contributed by atoms with Gasteiger partial charge in [-0.1, -0.05) is 17.7 Å². The van der Waals surface area contributed by atoms with Gasteiger partial charge < -0.3 is 4.98 Å². The Labute approximate surface area is 105 Å². The van der Waals surface area contributed by atoms with Crippen LogP contribution < -0.4 is 5.56 Å². The van der Waals surface area contributed by atoms with E-state index in [9.17, 15) is 4.79 Å². The fourth-order valence-corrected chi connectivity index (χ4v) is 2.42. The van der Waals surface area contributed by atoms with Gasteiger partial charge in [0.05, 0.1) is 5.69 Å². The molecule has 1 aromatic carbocycles. The normalized spacial score (nSPS) is 10.5. The molecule has 0 amide bonds. The highest BCUT2D eigenvalue weighted by atomic mass is 32.1. The number of aromatic amines is 2. The van der Waals surface area contributed by atoms with Crippen molar-refractivity contribution in [3.63, 3.8) is 0 Å². The summed E-state index contributed by atoms with van der Waals surface area (Å²) < 4.78 is 0.354. The molecule has 2 aromatic rings. The van der Waals surface area contributed by atoms with Crippen molar-refractivity contribution in [2.75, 3.05) is 0 Å². The van der Waals surface area contributed by atoms with E-state index in [-0.39, 0.29) is 5.56 Å². The van der Waals surface area contributed by atoms with Gasteiger partial charge in [0.15, 0.2) is 4.77 Å². The maximum atomic E-state index is 11.4. The molecule has 1 heterocycles. The lowest BCUT2D eigenvalue weighted by Crippen LogP contribution is -2.07. The average Bonchev–Trinajstić information content (AvgIpc) is 2.13. The Morgan fingerprint density at radius 3 is 2.12 bits per heavy atom. The van der Waals surface area contributed by atoms with E-state index in [1.54, 1.807) is 6.07 Å². The van der Waals surface area contributed by atoms with Gasteiger partial charge in [0, 0.05) is 11.6 Å². The Balaban J connectivity index is 2.77. The second-order valence-electron chi connectivity index (χ2n) is 4.28. The van der Waals surface area contributed by atoms with Crippen molar-refractivity contribution < 1.29 is 0 Å². The molecule has 3 nitrogen and oxygen atoms in total. The van der Waals surface area contributed by atoms with Crippen molar-refractivity contribution in [3.8, 4) is 11.3 Å². The van der Waals surface area contributed by atoms with Crippen LogP contribution in [0.15, 0.2) is 23.0 Å². The summed E-state index contributed by atoms with van der Waals surface area (Å²) in [5.74, 6) is 0. The molecule has 0 aliphatic heterocycles. The third kappa shape index (κ3) is 2.36. The van der Waals surface area contributed by atoms with Gasteiger partial charge in [0.1, 0.15) is 0 Å². The van der Waals surface area contributed by atoms with Crippen LogP contribution in [0.4, 0.5) is 0 Å². The van der Waals surface area contributed by atoms with Crippen molar-refractivity contribution >= 4 is 12.2 Å². The van der Waals surface area contributed by atoms with E-state index < -0.39 is 0 Å². The van der Waals surface area contributed by atoms with Crippen molar-refractivity contribution in [3.05, 3.63) is 50.0 Å². The topological polar surface area (TPSA) is 48.6 Å². The van der Waals surface area contributed by atoms with E-state index >= 15 is 0 Å². The zero-order chi connectivity index (χ0) is 12.6. The lowest BCUT2D eigenvalue weighted by molar-refractivity contribution is 1.09. The van der Waals surface area contributed by atoms with E-state index in [0.717, 1.165) is 22.4 Å². The van der Waals surface area contributed by atoms with Crippen LogP contribution in [0.5, 0.6) is 0 Å². The molecule has 0 aliphatic carbocycles. The molecule has 0 saturated heterocycles. The average molecular weight is 246 g/mol. The van der Waals surface area contributed by atoms with E-state index in [2.05, 4.69) is 29.0 Å². The van der Waals surface area contributed by atoms with Crippen molar-refractivity contribution in [2.24, 2.45) is 0 Å². The van der Waals surface area contributed by atoms with E-state index in [4.69, 9.17) is 12.2 Å². The minimum Gasteiger partial charge on any atom is -0.332 e. The number of benzene rings is 1. The molecule has 0 spiro atoms. The van der Waals surface area contributed by atoms with Gasteiger partial charge in [-0.2, -0.15) is 0 Å². The van der Waals surface area contributed by atoms with Gasteiger partial charge >= 0.3 is 0 Å². The molecule has 0 bridgehead atoms. The van der Waals surface area contributed by atoms with E-state index in [0.29, 0.717) is 4.77 Å². The Morgan fingerprint density at radius 1 is 1.00 bits per heavy atom. The first-order valence-electron chi connectivity index (χ1n) is 5.39. The SMILES string of the molecule is Cc1cc(C)c(-c2cc(=O)[nH]c(=S)[nH]2)c(C)c1. The first kappa shape index (κ1) is 11.8. The Hall–Kier alpha value is -1.68. The zero-order valence-corrected chi connectivity index (χ0v) is 10.9. The Bertz CT molecular complexity index is 631. The maximum absolute atomic E-state index is 11.4. The predicted molar refractivity (Wildman–Crippen MR) is 71.9 cm³/mol. The summed E-state index contributed by atoms with van der Waals surface area (Å²) >= 11 is 4.99. The molecular weight excluding hydrogens is 232 g/mol. The summed E-state index contributed by atoms with van der Waals surface area (Å²) in [5, 5.41) is 0. The van der Waals surface area contributed by atoms with Crippen LogP contribution in [0.3, 0.4) is 0 Å². The number of hydrogen-bond donors (Lipinski definition) is 2. The first-order chi connectivity index (χ1) is 7.97. The zero-order valence-electron chi connectivity index (χ0n) is 10.0. The number of aromatic nitrogens is 2. The molecular formula is C13H14N2OS. The molecule has 2 rings (SSSR count). The van der Waals surface area contributed by atoms with E-state index in [1.807, 2.05) is 13.8 Å². The van der Waals surface area contributed by atoms with Crippen LogP contribution in [0.1, 0.15) is 16.7 Å². The molecule has 0 fully saturated rings. The van der Waals surface area contributed by atoms with Crippen LogP contribution >= 0.6 is 12.2 Å². The molecule has 0 unspecified atom stereocenters. The molecule has 0 saturated carbocycles. The highest BCUT2D eigenvalue weighted by molar-refractivity contribution is 7.71. The number of aryl methyl sites for hydroxylation is 3. The summed E-state index contributed by atoms with van der Waals surface area (Å²) in [7, 11) is 0. The molecule has 0 aliphatic rings. The maximum Gasteiger partial charge on any atom is 0.252 e. The van der Waals surface area contributed by atoms with Crippen LogP contribution in [0.2, 0.25) is 0 Å². The highest BCUT2D eigenvalue weighted by Crippen LogP contribution is 2.25.